The molecule has 0 N–H and O–H groups in total. The van der Waals surface area contributed by atoms with Crippen LogP contribution in [0.2, 0.25) is 0 Å². The van der Waals surface area contributed by atoms with Crippen molar-refractivity contribution in [1.29, 1.82) is 0 Å². The van der Waals surface area contributed by atoms with Crippen molar-refractivity contribution in [2.45, 2.75) is 141 Å². The maximum Gasteiger partial charge on any atom is 0.273 e. The number of rotatable bonds is 0. The number of nitrogens with zero attached hydrogens (tertiary/aromatic N) is 8. The van der Waals surface area contributed by atoms with Gasteiger partial charge in [-0.05, 0) is 200 Å². The minimum atomic E-state index is -0.883. The first-order chi connectivity index (χ1) is 27.0. The summed E-state index contributed by atoms with van der Waals surface area (Å²) in [5.41, 5.74) is 31.1. The van der Waals surface area contributed by atoms with Gasteiger partial charge in [0.25, 0.3) is 5.91 Å². The van der Waals surface area contributed by atoms with Crippen LogP contribution in [0.3, 0.4) is 0 Å². The van der Waals surface area contributed by atoms with Gasteiger partial charge in [-0.25, -0.2) is 20.0 Å². The highest BCUT2D eigenvalue weighted by atomic mass is 15.8. The van der Waals surface area contributed by atoms with Crippen LogP contribution in [-0.4, -0.2) is 30.9 Å². The minimum absolute atomic E-state index is 0.254. The molecule has 8 heterocycles. The van der Waals surface area contributed by atoms with E-state index in [1.54, 1.807) is 0 Å². The molecule has 7 aliphatic heterocycles. The van der Waals surface area contributed by atoms with E-state index >= 15 is 0 Å². The van der Waals surface area contributed by atoms with E-state index in [-0.39, 0.29) is 24.7 Å². The Labute approximate surface area is 335 Å². The molecule has 8 heteroatoms. The third-order valence-corrected chi connectivity index (χ3v) is 17.0. The van der Waals surface area contributed by atoms with Crippen LogP contribution in [0, 0.1) is 111 Å². The van der Waals surface area contributed by atoms with Crippen molar-refractivity contribution in [1.82, 2.24) is 19.3 Å². The quantitative estimate of drug-likeness (QED) is 0.159. The number of benzene rings is 4. The van der Waals surface area contributed by atoms with E-state index < -0.39 is 5.91 Å². The first-order valence-corrected chi connectivity index (χ1v) is 20.9. The molecule has 4 unspecified atom stereocenters. The van der Waals surface area contributed by atoms with Crippen molar-refractivity contribution in [2.24, 2.45) is 20.0 Å². The van der Waals surface area contributed by atoms with E-state index in [0.717, 1.165) is 22.6 Å². The zero-order valence-electron chi connectivity index (χ0n) is 36.4. The maximum absolute atomic E-state index is 6.02. The van der Waals surface area contributed by atoms with Gasteiger partial charge in [0.1, 0.15) is 35.0 Å². The molecule has 0 amide bonds. The Kier molecular flexibility index (Phi) is 5.94. The highest BCUT2D eigenvalue weighted by Gasteiger charge is 2.73. The predicted octanol–water partition coefficient (Wildman–Crippen LogP) is 8.97. The first kappa shape index (κ1) is 34.0. The van der Waals surface area contributed by atoms with Gasteiger partial charge in [0.2, 0.25) is 0 Å². The molecule has 5 aromatic rings. The van der Waals surface area contributed by atoms with Gasteiger partial charge in [-0.1, -0.05) is 0 Å². The largest absolute Gasteiger partial charge is 0.275 e. The summed E-state index contributed by atoms with van der Waals surface area (Å²) < 4.78 is 2.58. The van der Waals surface area contributed by atoms with Crippen molar-refractivity contribution in [2.75, 3.05) is 0 Å². The van der Waals surface area contributed by atoms with E-state index in [4.69, 9.17) is 20.0 Å². The summed E-state index contributed by atoms with van der Waals surface area (Å²) >= 11 is 0. The number of aliphatic imine (C=N–C) groups is 2. The summed E-state index contributed by atoms with van der Waals surface area (Å²) in [6, 6.07) is 0. The Balaban J connectivity index is 1.39. The SMILES string of the molecule is Cc1c(C)c(C)c2c(c1C)C1=NC3c4c(C)c(C)c(C)c(C)c4C4N=C5c6c(C)c(C)c(C)c(C)c6C6N=c7c8c(C)c(C)c(C)c(C)c8c8n7C(N1C2N=8)(N56)N34. The lowest BCUT2D eigenvalue weighted by molar-refractivity contribution is -0.255. The average Bonchev–Trinajstić information content (AvgIpc) is 3.92. The second-order valence-corrected chi connectivity index (χ2v) is 18.5. The topological polar surface area (TPSA) is 64.1 Å². The fourth-order valence-corrected chi connectivity index (χ4v) is 12.7. The van der Waals surface area contributed by atoms with Crippen LogP contribution in [0.25, 0.3) is 10.8 Å². The fourth-order valence-electron chi connectivity index (χ4n) is 12.7. The van der Waals surface area contributed by atoms with E-state index in [2.05, 4.69) is 130 Å². The number of aromatic nitrogens is 1. The van der Waals surface area contributed by atoms with E-state index in [1.807, 2.05) is 0 Å². The number of fused-ring (bicyclic) bond motifs is 12. The molecule has 1 aromatic heterocycles. The van der Waals surface area contributed by atoms with Crippen molar-refractivity contribution in [3.05, 3.63) is 133 Å². The van der Waals surface area contributed by atoms with Crippen molar-refractivity contribution >= 4 is 22.4 Å². The van der Waals surface area contributed by atoms with Gasteiger partial charge >= 0.3 is 0 Å². The van der Waals surface area contributed by atoms with Crippen LogP contribution >= 0.6 is 0 Å². The minimum Gasteiger partial charge on any atom is -0.275 e. The summed E-state index contributed by atoms with van der Waals surface area (Å²) in [5.74, 6) is 1.23. The van der Waals surface area contributed by atoms with Gasteiger partial charge in [-0.15, -0.1) is 0 Å². The molecule has 0 bridgehead atoms. The Morgan fingerprint density at radius 1 is 0.333 bits per heavy atom. The molecule has 7 aliphatic rings. The lowest BCUT2D eigenvalue weighted by atomic mass is 9.88. The maximum atomic E-state index is 6.02. The fraction of sp³-hybridized carbons (Fsp3) is 0.429. The molecule has 0 saturated heterocycles. The molecule has 1 spiro atoms. The molecule has 0 fully saturated rings. The lowest BCUT2D eigenvalue weighted by Crippen LogP contribution is -2.80. The summed E-state index contributed by atoms with van der Waals surface area (Å²) in [4.78, 5) is 32.0. The van der Waals surface area contributed by atoms with E-state index in [1.165, 1.54) is 133 Å². The lowest BCUT2D eigenvalue weighted by Gasteiger charge is -2.63. The van der Waals surface area contributed by atoms with Gasteiger partial charge in [0.05, 0.1) is 0 Å². The van der Waals surface area contributed by atoms with E-state index in [9.17, 15) is 0 Å². The Morgan fingerprint density at radius 2 is 0.649 bits per heavy atom. The van der Waals surface area contributed by atoms with Crippen LogP contribution in [0.5, 0.6) is 0 Å². The highest BCUT2D eigenvalue weighted by molar-refractivity contribution is 6.10. The van der Waals surface area contributed by atoms with E-state index in [0.29, 0.717) is 0 Å². The number of aryl methyl sites for hydroxylation is 2. The Bertz CT molecular complexity index is 2930. The number of hydrogen-bond donors (Lipinski definition) is 0. The zero-order chi connectivity index (χ0) is 40.1. The molecule has 12 rings (SSSR count). The van der Waals surface area contributed by atoms with Crippen molar-refractivity contribution < 1.29 is 0 Å². The van der Waals surface area contributed by atoms with Crippen LogP contribution in [0.15, 0.2) is 20.0 Å². The highest BCUT2D eigenvalue weighted by Crippen LogP contribution is 2.66. The van der Waals surface area contributed by atoms with Crippen LogP contribution in [-0.2, 0) is 5.91 Å². The third kappa shape index (κ3) is 3.21. The van der Waals surface area contributed by atoms with Crippen molar-refractivity contribution in [3.8, 4) is 0 Å². The van der Waals surface area contributed by atoms with Gasteiger partial charge in [0, 0.05) is 44.2 Å². The van der Waals surface area contributed by atoms with Crippen LogP contribution in [0.4, 0.5) is 0 Å². The van der Waals surface area contributed by atoms with Gasteiger partial charge in [-0.2, -0.15) is 4.90 Å². The standard InChI is InChI=1S/C49H52N8/c1-17-18(2)26(10)34-33(25(17)9)41-50-43-35-27(11)19(3)20(4)28(12)36(35)45-52-47-39-31(15)23(7)24(8)32(16)40(39)48-53-46-38-30(14)22(6)21(5)29(13)37(38)44-51-42(34)54(41)49(55(43)45,56(44)46)57(47)48/h41-42,45-46H,1-16H3. The van der Waals surface area contributed by atoms with Gasteiger partial charge < -0.3 is 0 Å². The first-order valence-electron chi connectivity index (χ1n) is 20.9. The predicted molar refractivity (Wildman–Crippen MR) is 227 cm³/mol. The number of hydrogen-bond acceptors (Lipinski definition) is 7. The zero-order valence-corrected chi connectivity index (χ0v) is 36.4. The van der Waals surface area contributed by atoms with Crippen LogP contribution in [0.1, 0.15) is 147 Å². The molecular weight excluding hydrogens is 701 g/mol. The molecule has 4 aromatic carbocycles. The molecule has 8 nitrogen and oxygen atoms in total. The molecule has 57 heavy (non-hydrogen) atoms. The third-order valence-electron chi connectivity index (χ3n) is 17.0. The molecule has 4 atom stereocenters. The molecule has 0 aliphatic carbocycles. The summed E-state index contributed by atoms with van der Waals surface area (Å²) in [6.07, 6.45) is -1.06. The molecule has 0 radical (unpaired) electrons. The average molecular weight is 753 g/mol. The van der Waals surface area contributed by atoms with Gasteiger partial charge in [0.15, 0.2) is 12.3 Å². The van der Waals surface area contributed by atoms with Crippen LogP contribution < -0.4 is 11.0 Å². The Morgan fingerprint density at radius 3 is 1.02 bits per heavy atom. The summed E-state index contributed by atoms with van der Waals surface area (Å²) in [5, 5.41) is 2.47. The monoisotopic (exact) mass is 752 g/mol. The molecule has 288 valence electrons. The normalized spacial score (nSPS) is 24.9. The van der Waals surface area contributed by atoms with Gasteiger partial charge in [-0.3, -0.25) is 14.4 Å². The summed E-state index contributed by atoms with van der Waals surface area (Å²) in [6.45, 7) is 36.9. The molecular formula is C49H52N8. The Hall–Kier alpha value is -5.08. The second kappa shape index (κ2) is 9.95. The molecule has 0 saturated carbocycles. The van der Waals surface area contributed by atoms with Crippen molar-refractivity contribution in [3.63, 3.8) is 0 Å². The second-order valence-electron chi connectivity index (χ2n) is 18.5. The smallest absolute Gasteiger partial charge is 0.273 e. The number of amidine groups is 2. The summed E-state index contributed by atoms with van der Waals surface area (Å²) in [7, 11) is 0.